The van der Waals surface area contributed by atoms with Gasteiger partial charge in [-0.05, 0) is 11.5 Å². The molecule has 0 atom stereocenters. The molecule has 1 rings (SSSR count). The number of nitrogens with one attached hydrogen (secondary N) is 1. The van der Waals surface area contributed by atoms with Gasteiger partial charge in [-0.25, -0.2) is 17.2 Å². The van der Waals surface area contributed by atoms with Gasteiger partial charge in [0, 0.05) is 0 Å². The van der Waals surface area contributed by atoms with Gasteiger partial charge >= 0.3 is 0 Å². The quantitative estimate of drug-likeness (QED) is 0.709. The molecule has 0 amide bonds. The van der Waals surface area contributed by atoms with Crippen LogP contribution in [0.2, 0.25) is 0 Å². The van der Waals surface area contributed by atoms with Gasteiger partial charge in [0.05, 0.1) is 12.3 Å². The van der Waals surface area contributed by atoms with Crippen LogP contribution in [-0.2, 0) is 9.84 Å². The number of aliphatic hydroxyl groups excluding tert-OH is 1. The van der Waals surface area contributed by atoms with Crippen LogP contribution in [0, 0.1) is 0 Å². The molecule has 1 heterocycles. The Hall–Kier alpha value is -1.00. The molecule has 1 aromatic heterocycles. The molecule has 6 nitrogen and oxygen atoms in total. The van der Waals surface area contributed by atoms with Crippen LogP contribution in [0.5, 0.6) is 0 Å². The fourth-order valence-electron chi connectivity index (χ4n) is 1.12. The minimum Gasteiger partial charge on any atom is -0.390 e. The van der Waals surface area contributed by atoms with Crippen LogP contribution in [0.4, 0.5) is 19.6 Å². The number of sulfone groups is 1. The summed E-state index contributed by atoms with van der Waals surface area (Å²) >= 11 is 0.689. The van der Waals surface area contributed by atoms with E-state index in [0.29, 0.717) is 11.5 Å². The van der Waals surface area contributed by atoms with Gasteiger partial charge in [-0.3, -0.25) is 0 Å². The highest BCUT2D eigenvalue weighted by Gasteiger charge is 2.30. The molecule has 0 spiro atoms. The van der Waals surface area contributed by atoms with Crippen molar-refractivity contribution in [2.45, 2.75) is 17.7 Å². The van der Waals surface area contributed by atoms with E-state index in [-0.39, 0.29) is 21.5 Å². The highest BCUT2D eigenvalue weighted by atomic mass is 32.2. The van der Waals surface area contributed by atoms with E-state index in [2.05, 4.69) is 9.69 Å². The molecule has 0 aliphatic rings. The molecular weight excluding hydrogens is 288 g/mol. The van der Waals surface area contributed by atoms with E-state index < -0.39 is 28.9 Å². The number of aliphatic hydroxyl groups is 1. The third-order valence-corrected chi connectivity index (χ3v) is 4.85. The van der Waals surface area contributed by atoms with Crippen LogP contribution in [0.3, 0.4) is 0 Å². The predicted molar refractivity (Wildman–Crippen MR) is 64.8 cm³/mol. The maximum absolute atomic E-state index is 12.8. The third-order valence-electron chi connectivity index (χ3n) is 2.10. The van der Waals surface area contributed by atoms with Gasteiger partial charge in [0.25, 0.3) is 5.92 Å². The maximum Gasteiger partial charge on any atom is 0.287 e. The lowest BCUT2D eigenvalue weighted by Crippen LogP contribution is -2.31. The molecular formula is C8H13F2N3O3S2. The molecule has 0 aliphatic heterocycles. The molecule has 0 saturated heterocycles. The Morgan fingerprint density at radius 1 is 1.56 bits per heavy atom. The minimum atomic E-state index is -3.64. The first kappa shape index (κ1) is 15.1. The van der Waals surface area contributed by atoms with E-state index in [1.54, 1.807) is 0 Å². The number of rotatable bonds is 6. The van der Waals surface area contributed by atoms with E-state index in [1.165, 1.54) is 6.92 Å². The summed E-state index contributed by atoms with van der Waals surface area (Å²) in [7, 11) is -3.64. The van der Waals surface area contributed by atoms with E-state index >= 15 is 0 Å². The number of hydrogen-bond acceptors (Lipinski definition) is 7. The van der Waals surface area contributed by atoms with E-state index in [4.69, 9.17) is 10.8 Å². The predicted octanol–water partition coefficient (Wildman–Crippen LogP) is 0.558. The number of hydrogen-bond donors (Lipinski definition) is 3. The SMILES string of the molecule is CCS(=O)(=O)c1c(N)nsc1NCC(F)(F)CO. The zero-order chi connectivity index (χ0) is 14.0. The average molecular weight is 301 g/mol. The van der Waals surface area contributed by atoms with Crippen molar-refractivity contribution in [1.29, 1.82) is 0 Å². The summed E-state index contributed by atoms with van der Waals surface area (Å²) in [5.74, 6) is -3.76. The Morgan fingerprint density at radius 3 is 2.67 bits per heavy atom. The van der Waals surface area contributed by atoms with Crippen molar-refractivity contribution in [1.82, 2.24) is 4.37 Å². The van der Waals surface area contributed by atoms with Gasteiger partial charge in [-0.2, -0.15) is 4.37 Å². The molecule has 0 unspecified atom stereocenters. The lowest BCUT2D eigenvalue weighted by atomic mass is 10.3. The van der Waals surface area contributed by atoms with Crippen molar-refractivity contribution < 1.29 is 22.3 Å². The van der Waals surface area contributed by atoms with Gasteiger partial charge in [-0.15, -0.1) is 0 Å². The maximum atomic E-state index is 12.8. The first-order valence-corrected chi connectivity index (χ1v) is 7.36. The second kappa shape index (κ2) is 5.33. The summed E-state index contributed by atoms with van der Waals surface area (Å²) in [6, 6.07) is 0. The molecule has 0 bridgehead atoms. The van der Waals surface area contributed by atoms with E-state index in [9.17, 15) is 17.2 Å². The third kappa shape index (κ3) is 3.27. The first-order chi connectivity index (χ1) is 8.23. The number of nitrogens with zero attached hydrogens (tertiary/aromatic N) is 1. The Kier molecular flexibility index (Phi) is 4.46. The summed E-state index contributed by atoms with van der Waals surface area (Å²) in [6.07, 6.45) is 0. The summed E-state index contributed by atoms with van der Waals surface area (Å²) in [5.41, 5.74) is 5.42. The van der Waals surface area contributed by atoms with Crippen LogP contribution >= 0.6 is 11.5 Å². The second-order valence-electron chi connectivity index (χ2n) is 3.50. The average Bonchev–Trinajstić information content (AvgIpc) is 2.69. The molecule has 0 saturated carbocycles. The van der Waals surface area contributed by atoms with Gasteiger partial charge in [0.2, 0.25) is 0 Å². The molecule has 104 valence electrons. The highest BCUT2D eigenvalue weighted by molar-refractivity contribution is 7.91. The number of aromatic nitrogens is 1. The fraction of sp³-hybridized carbons (Fsp3) is 0.625. The highest BCUT2D eigenvalue weighted by Crippen LogP contribution is 2.32. The van der Waals surface area contributed by atoms with Gasteiger partial charge in [-0.1, -0.05) is 6.92 Å². The van der Waals surface area contributed by atoms with E-state index in [1.807, 2.05) is 0 Å². The van der Waals surface area contributed by atoms with Gasteiger partial charge in [0.15, 0.2) is 15.7 Å². The van der Waals surface area contributed by atoms with Crippen molar-refractivity contribution in [2.75, 3.05) is 30.0 Å². The number of nitrogens with two attached hydrogens (primary N) is 1. The topological polar surface area (TPSA) is 105 Å². The normalized spacial score (nSPS) is 12.7. The largest absolute Gasteiger partial charge is 0.390 e. The van der Waals surface area contributed by atoms with Gasteiger partial charge in [0.1, 0.15) is 16.5 Å². The number of anilines is 2. The Morgan fingerprint density at radius 2 is 2.17 bits per heavy atom. The first-order valence-electron chi connectivity index (χ1n) is 4.94. The number of nitrogen functional groups attached to an aromatic ring is 1. The summed E-state index contributed by atoms with van der Waals surface area (Å²) in [4.78, 5) is -0.260. The van der Waals surface area contributed by atoms with Crippen molar-refractivity contribution in [3.05, 3.63) is 0 Å². The smallest absolute Gasteiger partial charge is 0.287 e. The van der Waals surface area contributed by atoms with Crippen molar-refractivity contribution in [2.24, 2.45) is 0 Å². The second-order valence-corrected chi connectivity index (χ2v) is 6.49. The van der Waals surface area contributed by atoms with Crippen LogP contribution in [0.1, 0.15) is 6.92 Å². The number of halogens is 2. The lowest BCUT2D eigenvalue weighted by Gasteiger charge is -2.14. The molecule has 10 heteroatoms. The molecule has 0 radical (unpaired) electrons. The zero-order valence-corrected chi connectivity index (χ0v) is 11.1. The summed E-state index contributed by atoms with van der Waals surface area (Å²) in [5, 5.41) is 10.6. The molecule has 18 heavy (non-hydrogen) atoms. The molecule has 1 aromatic rings. The molecule has 4 N–H and O–H groups in total. The van der Waals surface area contributed by atoms with Crippen LogP contribution in [0.15, 0.2) is 4.90 Å². The van der Waals surface area contributed by atoms with Crippen LogP contribution < -0.4 is 11.1 Å². The van der Waals surface area contributed by atoms with Crippen LogP contribution in [0.25, 0.3) is 0 Å². The van der Waals surface area contributed by atoms with E-state index in [0.717, 1.165) is 0 Å². The van der Waals surface area contributed by atoms with Crippen molar-refractivity contribution >= 4 is 32.2 Å². The zero-order valence-electron chi connectivity index (χ0n) is 9.48. The lowest BCUT2D eigenvalue weighted by molar-refractivity contribution is -0.0372. The van der Waals surface area contributed by atoms with Gasteiger partial charge < -0.3 is 16.2 Å². The summed E-state index contributed by atoms with van der Waals surface area (Å²) < 4.78 is 52.7. The molecule has 0 fully saturated rings. The minimum absolute atomic E-state index is 0.0394. The Bertz CT molecular complexity index is 516. The van der Waals surface area contributed by atoms with Crippen molar-refractivity contribution in [3.8, 4) is 0 Å². The number of alkyl halides is 2. The van der Waals surface area contributed by atoms with Crippen molar-refractivity contribution in [3.63, 3.8) is 0 Å². The van der Waals surface area contributed by atoms with Crippen LogP contribution in [-0.4, -0.2) is 42.7 Å². The molecule has 0 aromatic carbocycles. The Labute approximate surface area is 107 Å². The summed E-state index contributed by atoms with van der Waals surface area (Å²) in [6.45, 7) is -0.805. The standard InChI is InChI=1S/C8H13F2N3O3S2/c1-2-18(15,16)5-6(11)13-17-7(5)12-3-8(9,10)4-14/h12,14H,2-4H2,1H3,(H2,11,13). The fourth-order valence-corrected chi connectivity index (χ4v) is 3.28. The monoisotopic (exact) mass is 301 g/mol. The Balaban J connectivity index is 2.99. The molecule has 0 aliphatic carbocycles.